The molecule has 1 fully saturated rings. The molecule has 3 aromatic rings. The van der Waals surface area contributed by atoms with Crippen LogP contribution in [-0.2, 0) is 16.2 Å². The molecule has 9 heteroatoms. The third-order valence-electron chi connectivity index (χ3n) is 5.33. The Morgan fingerprint density at radius 3 is 2.46 bits per heavy atom. The van der Waals surface area contributed by atoms with Crippen LogP contribution < -0.4 is 19.7 Å². The van der Waals surface area contributed by atoms with Crippen molar-refractivity contribution in [1.29, 1.82) is 0 Å². The van der Waals surface area contributed by atoms with Crippen molar-refractivity contribution < 1.29 is 23.9 Å². The minimum atomic E-state index is -0.809. The molecular formula is C26H20BrClN2O5. The lowest BCUT2D eigenvalue weighted by atomic mass is 10.0. The number of nitrogens with one attached hydrogen (secondary N) is 1. The highest BCUT2D eigenvalue weighted by Crippen LogP contribution is 2.31. The molecule has 0 radical (unpaired) electrons. The number of anilines is 1. The summed E-state index contributed by atoms with van der Waals surface area (Å²) in [5, 5.41) is 2.86. The Kier molecular flexibility index (Phi) is 7.23. The van der Waals surface area contributed by atoms with Gasteiger partial charge < -0.3 is 9.47 Å². The average molecular weight is 556 g/mol. The number of hydrogen-bond donors (Lipinski definition) is 1. The Labute approximate surface area is 215 Å². The maximum absolute atomic E-state index is 13.3. The largest absolute Gasteiger partial charge is 0.497 e. The van der Waals surface area contributed by atoms with Crippen LogP contribution in [0.5, 0.6) is 11.5 Å². The summed E-state index contributed by atoms with van der Waals surface area (Å²) >= 11 is 9.32. The number of imide groups is 2. The van der Waals surface area contributed by atoms with Crippen molar-refractivity contribution in [3.63, 3.8) is 0 Å². The maximum atomic E-state index is 13.3. The second-order valence-electron chi connectivity index (χ2n) is 7.71. The fourth-order valence-electron chi connectivity index (χ4n) is 3.53. The Balaban J connectivity index is 1.69. The van der Waals surface area contributed by atoms with Crippen molar-refractivity contribution in [3.05, 3.63) is 92.4 Å². The summed E-state index contributed by atoms with van der Waals surface area (Å²) in [6.45, 7) is 2.00. The summed E-state index contributed by atoms with van der Waals surface area (Å²) in [5.41, 5.74) is 2.22. The van der Waals surface area contributed by atoms with E-state index in [1.54, 1.807) is 55.5 Å². The quantitative estimate of drug-likeness (QED) is 0.313. The molecule has 1 aliphatic rings. The molecule has 0 atom stereocenters. The molecule has 0 spiro atoms. The number of benzene rings is 3. The molecule has 1 N–H and O–H groups in total. The minimum Gasteiger partial charge on any atom is -0.497 e. The van der Waals surface area contributed by atoms with E-state index in [9.17, 15) is 14.4 Å². The predicted octanol–water partition coefficient (Wildman–Crippen LogP) is 5.66. The van der Waals surface area contributed by atoms with Gasteiger partial charge in [-0.3, -0.25) is 14.9 Å². The summed E-state index contributed by atoms with van der Waals surface area (Å²) in [4.78, 5) is 39.5. The number of carbonyl (C=O) groups is 3. The lowest BCUT2D eigenvalue weighted by Crippen LogP contribution is -2.54. The fourth-order valence-corrected chi connectivity index (χ4v) is 4.13. The van der Waals surface area contributed by atoms with Gasteiger partial charge in [0.15, 0.2) is 0 Å². The van der Waals surface area contributed by atoms with Gasteiger partial charge in [0.2, 0.25) is 0 Å². The normalized spacial score (nSPS) is 14.8. The monoisotopic (exact) mass is 554 g/mol. The van der Waals surface area contributed by atoms with Gasteiger partial charge >= 0.3 is 6.03 Å². The van der Waals surface area contributed by atoms with Crippen LogP contribution in [-0.4, -0.2) is 25.0 Å². The van der Waals surface area contributed by atoms with E-state index in [1.165, 1.54) is 13.2 Å². The molecule has 0 aliphatic carbocycles. The number of methoxy groups -OCH3 is 1. The van der Waals surface area contributed by atoms with Crippen LogP contribution in [0.3, 0.4) is 0 Å². The highest BCUT2D eigenvalue weighted by molar-refractivity contribution is 9.10. The van der Waals surface area contributed by atoms with Crippen LogP contribution in [0, 0.1) is 6.92 Å². The molecular weight excluding hydrogens is 536 g/mol. The van der Waals surface area contributed by atoms with Crippen molar-refractivity contribution in [3.8, 4) is 11.5 Å². The molecule has 35 heavy (non-hydrogen) atoms. The van der Waals surface area contributed by atoms with Crippen molar-refractivity contribution in [1.82, 2.24) is 5.32 Å². The van der Waals surface area contributed by atoms with Crippen LogP contribution in [0.25, 0.3) is 6.08 Å². The van der Waals surface area contributed by atoms with Gasteiger partial charge in [-0.2, -0.15) is 0 Å². The van der Waals surface area contributed by atoms with E-state index in [0.717, 1.165) is 14.9 Å². The molecule has 1 heterocycles. The first kappa shape index (κ1) is 24.5. The number of barbiturate groups is 1. The molecule has 1 saturated heterocycles. The number of amides is 4. The summed E-state index contributed by atoms with van der Waals surface area (Å²) in [5.74, 6) is -0.579. The van der Waals surface area contributed by atoms with Crippen molar-refractivity contribution in [2.75, 3.05) is 12.0 Å². The molecule has 0 bridgehead atoms. The van der Waals surface area contributed by atoms with Gasteiger partial charge in [0.05, 0.1) is 12.8 Å². The van der Waals surface area contributed by atoms with E-state index in [4.69, 9.17) is 21.1 Å². The number of urea groups is 1. The van der Waals surface area contributed by atoms with Crippen LogP contribution in [0.4, 0.5) is 10.5 Å². The van der Waals surface area contributed by atoms with Gasteiger partial charge in [-0.05, 0) is 66.6 Å². The maximum Gasteiger partial charge on any atom is 0.335 e. The average Bonchev–Trinajstić information content (AvgIpc) is 2.83. The van der Waals surface area contributed by atoms with E-state index in [2.05, 4.69) is 21.2 Å². The first-order chi connectivity index (χ1) is 16.8. The first-order valence-corrected chi connectivity index (χ1v) is 11.7. The topological polar surface area (TPSA) is 84.9 Å². The summed E-state index contributed by atoms with van der Waals surface area (Å²) in [6.07, 6.45) is 1.40. The van der Waals surface area contributed by atoms with Gasteiger partial charge in [0.1, 0.15) is 23.7 Å². The van der Waals surface area contributed by atoms with E-state index in [0.29, 0.717) is 33.3 Å². The first-order valence-electron chi connectivity index (χ1n) is 10.5. The predicted molar refractivity (Wildman–Crippen MR) is 137 cm³/mol. The summed E-state index contributed by atoms with van der Waals surface area (Å²) in [7, 11) is 1.53. The number of halogens is 2. The lowest BCUT2D eigenvalue weighted by molar-refractivity contribution is -0.122. The fraction of sp³-hybridized carbons (Fsp3) is 0.115. The van der Waals surface area contributed by atoms with Crippen LogP contribution >= 0.6 is 27.5 Å². The van der Waals surface area contributed by atoms with E-state index >= 15 is 0 Å². The number of nitrogens with zero attached hydrogens (tertiary/aromatic N) is 1. The SMILES string of the molecule is COc1ccc(/C=C2/C(=O)NC(=O)N(c3ccc(Br)cc3C)C2=O)c(OCc2ccc(Cl)cc2)c1. The standard InChI is InChI=1S/C26H20BrClN2O5/c1-15-11-18(27)6-10-22(15)30-25(32)21(24(31)29-26(30)33)12-17-5-9-20(34-2)13-23(17)35-14-16-3-7-19(28)8-4-16/h3-13H,14H2,1-2H3,(H,29,31,33)/b21-12-. The molecule has 4 amide bonds. The molecule has 3 aromatic carbocycles. The van der Waals surface area contributed by atoms with Crippen molar-refractivity contribution in [2.45, 2.75) is 13.5 Å². The highest BCUT2D eigenvalue weighted by Gasteiger charge is 2.37. The zero-order valence-electron chi connectivity index (χ0n) is 18.8. The Morgan fingerprint density at radius 2 is 1.77 bits per heavy atom. The van der Waals surface area contributed by atoms with Crippen LogP contribution in [0.2, 0.25) is 5.02 Å². The number of hydrogen-bond acceptors (Lipinski definition) is 5. The lowest BCUT2D eigenvalue weighted by Gasteiger charge is -2.27. The Bertz CT molecular complexity index is 1350. The second kappa shape index (κ2) is 10.3. The Morgan fingerprint density at radius 1 is 1.03 bits per heavy atom. The van der Waals surface area contributed by atoms with Crippen molar-refractivity contribution >= 4 is 57.1 Å². The molecule has 7 nitrogen and oxygen atoms in total. The number of aryl methyl sites for hydroxylation is 1. The molecule has 0 aromatic heterocycles. The molecule has 1 aliphatic heterocycles. The van der Waals surface area contributed by atoms with Gasteiger partial charge in [0.25, 0.3) is 11.8 Å². The third kappa shape index (κ3) is 5.39. The molecule has 0 saturated carbocycles. The van der Waals surface area contributed by atoms with Crippen LogP contribution in [0.15, 0.2) is 70.7 Å². The highest BCUT2D eigenvalue weighted by atomic mass is 79.9. The van der Waals surface area contributed by atoms with Gasteiger partial charge in [0, 0.05) is 21.1 Å². The van der Waals surface area contributed by atoms with Crippen molar-refractivity contribution in [2.24, 2.45) is 0 Å². The van der Waals surface area contributed by atoms with Gasteiger partial charge in [-0.25, -0.2) is 9.69 Å². The van der Waals surface area contributed by atoms with E-state index in [1.807, 2.05) is 12.1 Å². The Hall–Kier alpha value is -3.62. The van der Waals surface area contributed by atoms with Gasteiger partial charge in [-0.1, -0.05) is 39.7 Å². The zero-order chi connectivity index (χ0) is 25.1. The number of ether oxygens (including phenoxy) is 2. The van der Waals surface area contributed by atoms with Gasteiger partial charge in [-0.15, -0.1) is 0 Å². The third-order valence-corrected chi connectivity index (χ3v) is 6.07. The zero-order valence-corrected chi connectivity index (χ0v) is 21.1. The second-order valence-corrected chi connectivity index (χ2v) is 9.06. The summed E-state index contributed by atoms with van der Waals surface area (Å²) in [6, 6.07) is 16.5. The summed E-state index contributed by atoms with van der Waals surface area (Å²) < 4.78 is 12.1. The molecule has 4 rings (SSSR count). The molecule has 0 unspecified atom stereocenters. The van der Waals surface area contributed by atoms with E-state index < -0.39 is 17.8 Å². The van der Waals surface area contributed by atoms with Crippen LogP contribution in [0.1, 0.15) is 16.7 Å². The number of rotatable bonds is 6. The molecule has 178 valence electrons. The number of carbonyl (C=O) groups excluding carboxylic acids is 3. The smallest absolute Gasteiger partial charge is 0.335 e. The van der Waals surface area contributed by atoms with E-state index in [-0.39, 0.29) is 12.2 Å². The minimum absolute atomic E-state index is 0.201.